The van der Waals surface area contributed by atoms with Gasteiger partial charge in [-0.05, 0) is 0 Å². The first kappa shape index (κ1) is 12.1. The lowest BCUT2D eigenvalue weighted by Gasteiger charge is -2.26. The molecular weight excluding hydrogens is 270 g/mol. The zero-order valence-electron chi connectivity index (χ0n) is 10.2. The number of hydroxylamine groups is 1. The van der Waals surface area contributed by atoms with Crippen LogP contribution in [0, 0.1) is 0 Å². The molecule has 3 aliphatic rings. The molecule has 4 heterocycles. The van der Waals surface area contributed by atoms with Crippen LogP contribution in [-0.4, -0.2) is 62.8 Å². The van der Waals surface area contributed by atoms with Crippen LogP contribution in [0.1, 0.15) is 0 Å². The SMILES string of the molecule is Nc1ncnc2c1N1O[C@@H]1N2[C@@H]1O[C@H](CO)[C@@H](O)[C@H]1O. The fourth-order valence-electron chi connectivity index (χ4n) is 2.64. The topological polar surface area (TPSA) is 140 Å². The van der Waals surface area contributed by atoms with Gasteiger partial charge in [-0.2, -0.15) is 5.06 Å². The number of nitrogens with two attached hydrogens (primary N) is 1. The van der Waals surface area contributed by atoms with E-state index in [0.29, 0.717) is 11.5 Å². The molecule has 5 atom stereocenters. The lowest BCUT2D eigenvalue weighted by molar-refractivity contribution is -0.0248. The van der Waals surface area contributed by atoms with Gasteiger partial charge in [0, 0.05) is 0 Å². The Kier molecular flexibility index (Phi) is 2.35. The number of nitrogens with zero attached hydrogens (tertiary/aromatic N) is 4. The quantitative estimate of drug-likeness (QED) is 0.425. The summed E-state index contributed by atoms with van der Waals surface area (Å²) in [5, 5.41) is 30.5. The van der Waals surface area contributed by atoms with E-state index in [0.717, 1.165) is 0 Å². The number of rotatable bonds is 2. The molecule has 5 N–H and O–H groups in total. The standard InChI is InChI=1S/C10H13N5O5/c11-7-4-8(13-2-12-7)14(10-15(4)20-10)9-6(18)5(17)3(1-16)19-9/h2-3,5-6,9-10,16-18H,1H2,(H2,11,12,13)/t3-,5-,6-,9-,10-,15?/m1/s1. The molecule has 0 saturated carbocycles. The van der Waals surface area contributed by atoms with Crippen LogP contribution in [0.25, 0.3) is 0 Å². The molecule has 4 rings (SSSR count). The summed E-state index contributed by atoms with van der Waals surface area (Å²) in [5.74, 6) is 0.718. The number of nitrogen functional groups attached to an aromatic ring is 1. The Hall–Kier alpha value is -1.72. The van der Waals surface area contributed by atoms with Crippen LogP contribution in [0.2, 0.25) is 0 Å². The first-order valence-corrected chi connectivity index (χ1v) is 6.10. The Labute approximate surface area is 112 Å². The zero-order valence-corrected chi connectivity index (χ0v) is 10.2. The van der Waals surface area contributed by atoms with Gasteiger partial charge in [0.05, 0.1) is 6.61 Å². The van der Waals surface area contributed by atoms with Crippen LogP contribution >= 0.6 is 0 Å². The zero-order chi connectivity index (χ0) is 14.0. The average Bonchev–Trinajstić information content (AvgIpc) is 3.07. The van der Waals surface area contributed by atoms with Crippen molar-refractivity contribution in [3.63, 3.8) is 0 Å². The maximum atomic E-state index is 10.1. The summed E-state index contributed by atoms with van der Waals surface area (Å²) in [7, 11) is 0. The van der Waals surface area contributed by atoms with E-state index in [-0.39, 0.29) is 5.82 Å². The minimum atomic E-state index is -1.19. The van der Waals surface area contributed by atoms with E-state index in [1.807, 2.05) is 0 Å². The number of fused-ring (bicyclic) bond motifs is 3. The fraction of sp³-hybridized carbons (Fsp3) is 0.600. The Morgan fingerprint density at radius 3 is 2.80 bits per heavy atom. The molecule has 0 radical (unpaired) electrons. The molecule has 20 heavy (non-hydrogen) atoms. The maximum Gasteiger partial charge on any atom is 0.261 e. The molecule has 10 heteroatoms. The molecule has 3 aliphatic heterocycles. The summed E-state index contributed by atoms with van der Waals surface area (Å²) in [4.78, 5) is 14.9. The Morgan fingerprint density at radius 1 is 1.30 bits per heavy atom. The van der Waals surface area contributed by atoms with E-state index in [4.69, 9.17) is 20.4 Å². The van der Waals surface area contributed by atoms with Gasteiger partial charge in [-0.1, -0.05) is 0 Å². The molecule has 10 nitrogen and oxygen atoms in total. The molecule has 0 amide bonds. The minimum absolute atomic E-state index is 0.256. The minimum Gasteiger partial charge on any atom is -0.394 e. The van der Waals surface area contributed by atoms with Crippen molar-refractivity contribution in [1.29, 1.82) is 0 Å². The van der Waals surface area contributed by atoms with E-state index < -0.39 is 37.5 Å². The van der Waals surface area contributed by atoms with E-state index in [2.05, 4.69) is 9.97 Å². The Morgan fingerprint density at radius 2 is 2.10 bits per heavy atom. The van der Waals surface area contributed by atoms with Gasteiger partial charge in [-0.3, -0.25) is 4.90 Å². The fourth-order valence-corrected chi connectivity index (χ4v) is 2.64. The first-order chi connectivity index (χ1) is 9.63. The van der Waals surface area contributed by atoms with Crippen LogP contribution in [0.5, 0.6) is 0 Å². The highest BCUT2D eigenvalue weighted by molar-refractivity contribution is 5.83. The lowest BCUT2D eigenvalue weighted by Crippen LogP contribution is -2.45. The van der Waals surface area contributed by atoms with Crippen molar-refractivity contribution in [3.8, 4) is 0 Å². The number of aliphatic hydroxyl groups excluding tert-OH is 3. The number of hydrogen-bond acceptors (Lipinski definition) is 10. The highest BCUT2D eigenvalue weighted by Crippen LogP contribution is 2.51. The van der Waals surface area contributed by atoms with E-state index in [1.165, 1.54) is 11.4 Å². The Bertz CT molecular complexity index is 559. The van der Waals surface area contributed by atoms with Crippen molar-refractivity contribution < 1.29 is 24.9 Å². The van der Waals surface area contributed by atoms with E-state index >= 15 is 0 Å². The highest BCUT2D eigenvalue weighted by Gasteiger charge is 2.60. The second-order valence-corrected chi connectivity index (χ2v) is 4.82. The summed E-state index contributed by atoms with van der Waals surface area (Å²) in [6, 6.07) is 0. The molecule has 0 aliphatic carbocycles. The summed E-state index contributed by atoms with van der Waals surface area (Å²) in [5.41, 5.74) is 6.28. The molecule has 1 aromatic heterocycles. The average molecular weight is 283 g/mol. The smallest absolute Gasteiger partial charge is 0.261 e. The number of anilines is 3. The van der Waals surface area contributed by atoms with Gasteiger partial charge >= 0.3 is 0 Å². The summed E-state index contributed by atoms with van der Waals surface area (Å²) in [6.07, 6.45) is -3.30. The molecule has 2 fully saturated rings. The second-order valence-electron chi connectivity index (χ2n) is 4.82. The van der Waals surface area contributed by atoms with Gasteiger partial charge in [0.25, 0.3) is 6.35 Å². The van der Waals surface area contributed by atoms with E-state index in [9.17, 15) is 10.2 Å². The predicted octanol–water partition coefficient (Wildman–Crippen LogP) is -2.65. The second kappa shape index (κ2) is 3.90. The third kappa shape index (κ3) is 1.39. The third-order valence-electron chi connectivity index (χ3n) is 3.69. The van der Waals surface area contributed by atoms with Crippen LogP contribution in [-0.2, 0) is 9.57 Å². The van der Waals surface area contributed by atoms with Gasteiger partial charge in [-0.25, -0.2) is 14.8 Å². The van der Waals surface area contributed by atoms with Gasteiger partial charge in [0.1, 0.15) is 24.6 Å². The van der Waals surface area contributed by atoms with Gasteiger partial charge < -0.3 is 25.8 Å². The third-order valence-corrected chi connectivity index (χ3v) is 3.69. The van der Waals surface area contributed by atoms with Crippen molar-refractivity contribution >= 4 is 17.3 Å². The summed E-state index contributed by atoms with van der Waals surface area (Å²) < 4.78 is 5.48. The first-order valence-electron chi connectivity index (χ1n) is 6.10. The van der Waals surface area contributed by atoms with Crippen molar-refractivity contribution in [2.75, 3.05) is 22.3 Å². The van der Waals surface area contributed by atoms with E-state index in [1.54, 1.807) is 4.90 Å². The molecular formula is C10H13N5O5. The predicted molar refractivity (Wildman–Crippen MR) is 64.0 cm³/mol. The molecule has 1 aromatic rings. The normalized spacial score (nSPS) is 38.0. The monoisotopic (exact) mass is 283 g/mol. The van der Waals surface area contributed by atoms with Crippen molar-refractivity contribution in [2.45, 2.75) is 30.9 Å². The van der Waals surface area contributed by atoms with Crippen molar-refractivity contribution in [2.24, 2.45) is 0 Å². The lowest BCUT2D eigenvalue weighted by atomic mass is 10.1. The maximum absolute atomic E-state index is 10.1. The number of aliphatic hydroxyl groups is 3. The van der Waals surface area contributed by atoms with Crippen LogP contribution in [0.3, 0.4) is 0 Å². The van der Waals surface area contributed by atoms with Gasteiger partial charge in [0.2, 0.25) is 0 Å². The molecule has 0 bridgehead atoms. The number of hydrogen-bond donors (Lipinski definition) is 4. The summed E-state index contributed by atoms with van der Waals surface area (Å²) in [6.45, 7) is -0.392. The summed E-state index contributed by atoms with van der Waals surface area (Å²) >= 11 is 0. The highest BCUT2D eigenvalue weighted by atomic mass is 16.9. The van der Waals surface area contributed by atoms with Gasteiger partial charge in [-0.15, -0.1) is 0 Å². The largest absolute Gasteiger partial charge is 0.394 e. The van der Waals surface area contributed by atoms with Crippen LogP contribution in [0.15, 0.2) is 6.33 Å². The number of ether oxygens (including phenoxy) is 1. The molecule has 0 aromatic carbocycles. The molecule has 0 unspecified atom stereocenters. The van der Waals surface area contributed by atoms with Crippen LogP contribution < -0.4 is 15.7 Å². The molecule has 0 spiro atoms. The molecule has 108 valence electrons. The Balaban J connectivity index is 1.70. The number of aromatic nitrogens is 2. The van der Waals surface area contributed by atoms with Crippen molar-refractivity contribution in [1.82, 2.24) is 9.97 Å². The van der Waals surface area contributed by atoms with Crippen molar-refractivity contribution in [3.05, 3.63) is 6.33 Å². The molecule has 2 saturated heterocycles. The van der Waals surface area contributed by atoms with Gasteiger partial charge in [0.15, 0.2) is 23.6 Å². The van der Waals surface area contributed by atoms with Crippen LogP contribution in [0.4, 0.5) is 17.3 Å².